The van der Waals surface area contributed by atoms with Gasteiger partial charge in [-0.2, -0.15) is 0 Å². The standard InChI is InChI=1S/C21H30O3.2C2H4O2/c1-5-6-7-8-14-10-18(23)20-15-9-13(2)17(22)12-16(15)21(3,4)24-19(20)11-14;2*1-2(3)4/h10-11,15-17,22-23H,2,5-9,12H2,1,3-4H3;2*1H3,(H,3,4). The fraction of sp³-hybridized carbons (Fsp3) is 0.600. The number of hydrogen-bond acceptors (Lipinski definition) is 5. The number of aliphatic hydroxyl groups is 1. The summed E-state index contributed by atoms with van der Waals surface area (Å²) in [6.45, 7) is 12.6. The fourth-order valence-corrected chi connectivity index (χ4v) is 4.41. The van der Waals surface area contributed by atoms with Crippen molar-refractivity contribution >= 4 is 11.9 Å². The SMILES string of the molecule is C=C1CC2c3c(O)cc(CCCCC)cc3OC(C)(C)C2CC1O.CC(=O)O.CC(=O)O. The molecule has 1 fully saturated rings. The van der Waals surface area contributed by atoms with Gasteiger partial charge in [0.05, 0.1) is 6.10 Å². The van der Waals surface area contributed by atoms with Crippen molar-refractivity contribution in [2.45, 2.75) is 90.8 Å². The van der Waals surface area contributed by atoms with Gasteiger partial charge in [-0.15, -0.1) is 0 Å². The summed E-state index contributed by atoms with van der Waals surface area (Å²) in [6, 6.07) is 4.01. The summed E-state index contributed by atoms with van der Waals surface area (Å²) in [6.07, 6.45) is 5.39. The maximum atomic E-state index is 10.7. The number of benzene rings is 1. The maximum absolute atomic E-state index is 10.7. The molecule has 0 saturated heterocycles. The van der Waals surface area contributed by atoms with Crippen LogP contribution in [0.2, 0.25) is 0 Å². The third-order valence-electron chi connectivity index (χ3n) is 5.80. The molecule has 1 heterocycles. The normalized spacial score (nSPS) is 22.6. The number of aryl methyl sites for hydroxylation is 1. The first-order chi connectivity index (χ1) is 14.8. The van der Waals surface area contributed by atoms with E-state index in [4.69, 9.17) is 24.5 Å². The van der Waals surface area contributed by atoms with Gasteiger partial charge in [0.1, 0.15) is 17.1 Å². The van der Waals surface area contributed by atoms with Crippen LogP contribution in [0.15, 0.2) is 24.3 Å². The highest BCUT2D eigenvalue weighted by molar-refractivity contribution is 5.63. The first-order valence-corrected chi connectivity index (χ1v) is 11.1. The van der Waals surface area contributed by atoms with Crippen molar-refractivity contribution in [3.63, 3.8) is 0 Å². The molecule has 1 aromatic carbocycles. The van der Waals surface area contributed by atoms with Gasteiger partial charge in [-0.25, -0.2) is 0 Å². The van der Waals surface area contributed by atoms with E-state index in [1.165, 1.54) is 12.8 Å². The number of aromatic hydroxyl groups is 1. The van der Waals surface area contributed by atoms with Gasteiger partial charge in [-0.3, -0.25) is 9.59 Å². The lowest BCUT2D eigenvalue weighted by molar-refractivity contribution is -0.135. The highest BCUT2D eigenvalue weighted by Crippen LogP contribution is 2.55. The zero-order chi connectivity index (χ0) is 24.6. The van der Waals surface area contributed by atoms with Gasteiger partial charge in [0, 0.05) is 31.2 Å². The lowest BCUT2D eigenvalue weighted by Crippen LogP contribution is -2.48. The highest BCUT2D eigenvalue weighted by Gasteiger charge is 2.48. The van der Waals surface area contributed by atoms with E-state index in [9.17, 15) is 10.2 Å². The van der Waals surface area contributed by atoms with Crippen LogP contribution in [-0.4, -0.2) is 44.1 Å². The van der Waals surface area contributed by atoms with Gasteiger partial charge >= 0.3 is 0 Å². The van der Waals surface area contributed by atoms with Gasteiger partial charge in [0.25, 0.3) is 11.9 Å². The van der Waals surface area contributed by atoms with Crippen molar-refractivity contribution in [1.82, 2.24) is 0 Å². The number of phenols is 1. The molecule has 0 spiro atoms. The lowest BCUT2D eigenvalue weighted by atomic mass is 9.64. The summed E-state index contributed by atoms with van der Waals surface area (Å²) < 4.78 is 6.30. The molecule has 1 aliphatic carbocycles. The molecule has 32 heavy (non-hydrogen) atoms. The number of rotatable bonds is 4. The first kappa shape index (κ1) is 27.5. The summed E-state index contributed by atoms with van der Waals surface area (Å²) in [4.78, 5) is 18.0. The summed E-state index contributed by atoms with van der Waals surface area (Å²) >= 11 is 0. The number of carboxylic acid groups (broad SMARTS) is 2. The Morgan fingerprint density at radius 2 is 1.72 bits per heavy atom. The number of ether oxygens (including phenoxy) is 1. The fourth-order valence-electron chi connectivity index (χ4n) is 4.41. The van der Waals surface area contributed by atoms with Crippen LogP contribution in [0.1, 0.15) is 83.8 Å². The number of aliphatic carboxylic acids is 2. The molecule has 7 nitrogen and oxygen atoms in total. The molecule has 0 aromatic heterocycles. The number of carbonyl (C=O) groups is 2. The minimum Gasteiger partial charge on any atom is -0.508 e. The van der Waals surface area contributed by atoms with Crippen LogP contribution in [0.3, 0.4) is 0 Å². The Morgan fingerprint density at radius 1 is 1.16 bits per heavy atom. The Labute approximate surface area is 190 Å². The molecule has 0 radical (unpaired) electrons. The number of unbranched alkanes of at least 4 members (excludes halogenated alkanes) is 2. The van der Waals surface area contributed by atoms with Crippen LogP contribution >= 0.6 is 0 Å². The Bertz CT molecular complexity index is 793. The summed E-state index contributed by atoms with van der Waals surface area (Å²) in [7, 11) is 0. The molecule has 3 unspecified atom stereocenters. The minimum atomic E-state index is -0.833. The van der Waals surface area contributed by atoms with E-state index in [0.29, 0.717) is 18.6 Å². The number of aliphatic hydroxyl groups excluding tert-OH is 1. The smallest absolute Gasteiger partial charge is 0.300 e. The summed E-state index contributed by atoms with van der Waals surface area (Å²) in [5, 5.41) is 35.7. The zero-order valence-corrected chi connectivity index (χ0v) is 19.9. The van der Waals surface area contributed by atoms with Crippen LogP contribution in [0.4, 0.5) is 0 Å². The van der Waals surface area contributed by atoms with E-state index in [1.807, 2.05) is 6.07 Å². The van der Waals surface area contributed by atoms with Gasteiger partial charge in [0.2, 0.25) is 0 Å². The molecule has 0 amide bonds. The topological polar surface area (TPSA) is 124 Å². The molecule has 1 aliphatic heterocycles. The summed E-state index contributed by atoms with van der Waals surface area (Å²) in [5.41, 5.74) is 2.56. The van der Waals surface area contributed by atoms with Crippen molar-refractivity contribution in [2.75, 3.05) is 0 Å². The van der Waals surface area contributed by atoms with Crippen LogP contribution in [0.25, 0.3) is 0 Å². The Morgan fingerprint density at radius 3 is 2.25 bits per heavy atom. The molecular weight excluding hydrogens is 412 g/mol. The average molecular weight is 451 g/mol. The molecule has 1 aromatic rings. The molecule has 180 valence electrons. The van der Waals surface area contributed by atoms with E-state index in [2.05, 4.69) is 33.4 Å². The van der Waals surface area contributed by atoms with Gasteiger partial charge in [0.15, 0.2) is 0 Å². The number of fused-ring (bicyclic) bond motifs is 3. The number of phenolic OH excluding ortho intramolecular Hbond substituents is 1. The van der Waals surface area contributed by atoms with E-state index < -0.39 is 18.0 Å². The van der Waals surface area contributed by atoms with Crippen molar-refractivity contribution in [3.8, 4) is 11.5 Å². The molecule has 7 heteroatoms. The van der Waals surface area contributed by atoms with E-state index in [0.717, 1.165) is 49.1 Å². The molecule has 4 N–H and O–H groups in total. The minimum absolute atomic E-state index is 0.171. The Kier molecular flexibility index (Phi) is 10.2. The van der Waals surface area contributed by atoms with E-state index in [1.54, 1.807) is 0 Å². The van der Waals surface area contributed by atoms with Crippen LogP contribution < -0.4 is 4.74 Å². The van der Waals surface area contributed by atoms with Gasteiger partial charge in [-0.05, 0) is 62.8 Å². The van der Waals surface area contributed by atoms with Crippen LogP contribution in [0, 0.1) is 5.92 Å². The molecule has 2 aliphatic rings. The largest absolute Gasteiger partial charge is 0.508 e. The second-order valence-corrected chi connectivity index (χ2v) is 9.05. The predicted molar refractivity (Wildman–Crippen MR) is 123 cm³/mol. The van der Waals surface area contributed by atoms with Crippen molar-refractivity contribution in [1.29, 1.82) is 0 Å². The van der Waals surface area contributed by atoms with Crippen molar-refractivity contribution < 1.29 is 34.8 Å². The molecule has 3 rings (SSSR count). The second-order valence-electron chi connectivity index (χ2n) is 9.05. The summed E-state index contributed by atoms with van der Waals surface area (Å²) in [5.74, 6) is -0.155. The van der Waals surface area contributed by atoms with Crippen LogP contribution in [0.5, 0.6) is 11.5 Å². The third-order valence-corrected chi connectivity index (χ3v) is 5.80. The quantitative estimate of drug-likeness (QED) is 0.380. The Hall–Kier alpha value is -2.54. The molecule has 0 bridgehead atoms. The monoisotopic (exact) mass is 450 g/mol. The number of hydrogen-bond donors (Lipinski definition) is 4. The van der Waals surface area contributed by atoms with Crippen LogP contribution in [-0.2, 0) is 16.0 Å². The Balaban J connectivity index is 0.000000554. The third kappa shape index (κ3) is 7.86. The lowest BCUT2D eigenvalue weighted by Gasteiger charge is -2.49. The van der Waals surface area contributed by atoms with Gasteiger partial charge < -0.3 is 25.2 Å². The van der Waals surface area contributed by atoms with E-state index >= 15 is 0 Å². The van der Waals surface area contributed by atoms with Crippen molar-refractivity contribution in [3.05, 3.63) is 35.4 Å². The average Bonchev–Trinajstić information content (AvgIpc) is 2.62. The van der Waals surface area contributed by atoms with Gasteiger partial charge in [-0.1, -0.05) is 26.3 Å². The first-order valence-electron chi connectivity index (χ1n) is 11.1. The highest BCUT2D eigenvalue weighted by atomic mass is 16.5. The molecule has 3 atom stereocenters. The molecular formula is C25H38O7. The van der Waals surface area contributed by atoms with E-state index in [-0.39, 0.29) is 17.4 Å². The molecule has 1 saturated carbocycles. The predicted octanol–water partition coefficient (Wildman–Crippen LogP) is 4.89. The zero-order valence-electron chi connectivity index (χ0n) is 19.9. The second kappa shape index (κ2) is 11.9. The number of carboxylic acids is 2. The maximum Gasteiger partial charge on any atom is 0.300 e. The van der Waals surface area contributed by atoms with Crippen molar-refractivity contribution in [2.24, 2.45) is 5.92 Å².